The van der Waals surface area contributed by atoms with E-state index in [2.05, 4.69) is 10.6 Å². The first kappa shape index (κ1) is 24.6. The van der Waals surface area contributed by atoms with E-state index in [1.165, 1.54) is 19.9 Å². The van der Waals surface area contributed by atoms with Crippen LogP contribution in [0.15, 0.2) is 60.7 Å². The lowest BCUT2D eigenvalue weighted by Gasteiger charge is -2.11. The maximum absolute atomic E-state index is 12.9. The van der Waals surface area contributed by atoms with Crippen LogP contribution in [0.2, 0.25) is 0 Å². The van der Waals surface area contributed by atoms with E-state index in [1.807, 2.05) is 38.1 Å². The van der Waals surface area contributed by atoms with Gasteiger partial charge in [0.25, 0.3) is 11.8 Å². The molecule has 174 valence electrons. The van der Waals surface area contributed by atoms with Gasteiger partial charge < -0.3 is 10.6 Å². The molecule has 0 unspecified atom stereocenters. The van der Waals surface area contributed by atoms with Crippen LogP contribution in [-0.2, 0) is 12.8 Å². The number of Topliss-reactive ketones (excluding diaryl/α,β-unsaturated/α-hetero) is 2. The van der Waals surface area contributed by atoms with E-state index < -0.39 is 0 Å². The zero-order valence-corrected chi connectivity index (χ0v) is 19.8. The van der Waals surface area contributed by atoms with E-state index in [0.29, 0.717) is 33.6 Å². The summed E-state index contributed by atoms with van der Waals surface area (Å²) in [7, 11) is 0. The highest BCUT2D eigenvalue weighted by Crippen LogP contribution is 2.20. The molecule has 3 rings (SSSR count). The molecular weight excluding hydrogens is 428 g/mol. The van der Waals surface area contributed by atoms with E-state index in [0.717, 1.165) is 24.0 Å². The van der Waals surface area contributed by atoms with Crippen LogP contribution in [0.1, 0.15) is 80.3 Å². The van der Waals surface area contributed by atoms with Gasteiger partial charge >= 0.3 is 0 Å². The normalized spacial score (nSPS) is 10.5. The Morgan fingerprint density at radius 2 is 1.00 bits per heavy atom. The molecule has 34 heavy (non-hydrogen) atoms. The molecule has 2 amide bonds. The number of carbonyl (C=O) groups excluding carboxylic acids is 4. The van der Waals surface area contributed by atoms with Gasteiger partial charge in [0, 0.05) is 33.6 Å². The number of hydrogen-bond acceptors (Lipinski definition) is 4. The third-order valence-electron chi connectivity index (χ3n) is 5.52. The molecule has 0 aromatic heterocycles. The Labute approximate surface area is 199 Å². The number of anilines is 2. The molecule has 0 fully saturated rings. The molecule has 3 aromatic rings. The molecule has 2 N–H and O–H groups in total. The van der Waals surface area contributed by atoms with Crippen LogP contribution < -0.4 is 10.6 Å². The van der Waals surface area contributed by atoms with Crippen LogP contribution in [0.5, 0.6) is 0 Å². The maximum atomic E-state index is 12.9. The molecule has 0 aliphatic heterocycles. The Morgan fingerprint density at radius 3 is 1.35 bits per heavy atom. The summed E-state index contributed by atoms with van der Waals surface area (Å²) in [6.07, 6.45) is 1.45. The lowest BCUT2D eigenvalue weighted by molar-refractivity contribution is 0.100. The van der Waals surface area contributed by atoms with Gasteiger partial charge in [-0.25, -0.2) is 0 Å². The van der Waals surface area contributed by atoms with E-state index in [4.69, 9.17) is 0 Å². The van der Waals surface area contributed by atoms with Crippen molar-refractivity contribution >= 4 is 34.8 Å². The van der Waals surface area contributed by atoms with Gasteiger partial charge in [0.05, 0.1) is 0 Å². The van der Waals surface area contributed by atoms with Crippen molar-refractivity contribution < 1.29 is 19.2 Å². The van der Waals surface area contributed by atoms with Gasteiger partial charge in [0.15, 0.2) is 11.6 Å². The molecular formula is C28H28N2O4. The lowest BCUT2D eigenvalue weighted by atomic mass is 10.0. The smallest absolute Gasteiger partial charge is 0.255 e. The Bertz CT molecular complexity index is 1180. The molecule has 6 heteroatoms. The topological polar surface area (TPSA) is 92.3 Å². The van der Waals surface area contributed by atoms with Gasteiger partial charge in [0.2, 0.25) is 0 Å². The predicted octanol–water partition coefficient (Wildman–Crippen LogP) is 5.72. The summed E-state index contributed by atoms with van der Waals surface area (Å²) in [4.78, 5) is 49.4. The Morgan fingerprint density at radius 1 is 0.588 bits per heavy atom. The van der Waals surface area contributed by atoms with Gasteiger partial charge in [-0.3, -0.25) is 19.2 Å². The maximum Gasteiger partial charge on any atom is 0.255 e. The SMILES string of the molecule is CCc1cc(NC(=O)c2cccc(C(=O)Nc3cc(CC)cc(C(C)=O)c3)c2)cc(C(C)=O)c1. The first-order valence-corrected chi connectivity index (χ1v) is 11.2. The minimum atomic E-state index is -0.385. The average Bonchev–Trinajstić information content (AvgIpc) is 2.83. The van der Waals surface area contributed by atoms with E-state index in [-0.39, 0.29) is 23.4 Å². The van der Waals surface area contributed by atoms with Crippen LogP contribution >= 0.6 is 0 Å². The summed E-state index contributed by atoms with van der Waals surface area (Å²) in [5.74, 6) is -0.928. The summed E-state index contributed by atoms with van der Waals surface area (Å²) in [6.45, 7) is 6.92. The van der Waals surface area contributed by atoms with Crippen molar-refractivity contribution in [2.24, 2.45) is 0 Å². The fraction of sp³-hybridized carbons (Fsp3) is 0.214. The van der Waals surface area contributed by atoms with Gasteiger partial charge in [0.1, 0.15) is 0 Å². The van der Waals surface area contributed by atoms with Crippen LogP contribution in [-0.4, -0.2) is 23.4 Å². The Hall–Kier alpha value is -4.06. The summed E-state index contributed by atoms with van der Waals surface area (Å²) in [5, 5.41) is 5.64. The number of amides is 2. The second kappa shape index (κ2) is 10.7. The molecule has 6 nitrogen and oxygen atoms in total. The highest BCUT2D eigenvalue weighted by atomic mass is 16.2. The number of rotatable bonds is 8. The van der Waals surface area contributed by atoms with Crippen LogP contribution in [0, 0.1) is 0 Å². The minimum absolute atomic E-state index is 0.0791. The summed E-state index contributed by atoms with van der Waals surface area (Å²) in [5.41, 5.74) is 4.61. The molecule has 0 radical (unpaired) electrons. The summed E-state index contributed by atoms with van der Waals surface area (Å²) in [6, 6.07) is 16.9. The van der Waals surface area contributed by atoms with Crippen molar-refractivity contribution in [1.82, 2.24) is 0 Å². The second-order valence-corrected chi connectivity index (χ2v) is 8.15. The third-order valence-corrected chi connectivity index (χ3v) is 5.52. The van der Waals surface area contributed by atoms with Crippen LogP contribution in [0.4, 0.5) is 11.4 Å². The zero-order chi connectivity index (χ0) is 24.8. The van der Waals surface area contributed by atoms with Gasteiger partial charge in [-0.1, -0.05) is 19.9 Å². The largest absolute Gasteiger partial charge is 0.322 e. The summed E-state index contributed by atoms with van der Waals surface area (Å²) >= 11 is 0. The van der Waals surface area contributed by atoms with Crippen molar-refractivity contribution in [2.75, 3.05) is 10.6 Å². The molecule has 0 aliphatic carbocycles. The van der Waals surface area contributed by atoms with Crippen molar-refractivity contribution in [3.8, 4) is 0 Å². The molecule has 0 saturated carbocycles. The molecule has 0 aliphatic rings. The van der Waals surface area contributed by atoms with Gasteiger partial charge in [-0.15, -0.1) is 0 Å². The molecule has 0 spiro atoms. The molecule has 3 aromatic carbocycles. The number of aryl methyl sites for hydroxylation is 2. The minimum Gasteiger partial charge on any atom is -0.322 e. The van der Waals surface area contributed by atoms with Gasteiger partial charge in [-0.2, -0.15) is 0 Å². The van der Waals surface area contributed by atoms with E-state index in [9.17, 15) is 19.2 Å². The molecule has 0 atom stereocenters. The number of benzene rings is 3. The fourth-order valence-electron chi connectivity index (χ4n) is 3.55. The quantitative estimate of drug-likeness (QED) is 0.424. The highest BCUT2D eigenvalue weighted by Gasteiger charge is 2.14. The van der Waals surface area contributed by atoms with Crippen molar-refractivity contribution in [3.63, 3.8) is 0 Å². The Kier molecular flexibility index (Phi) is 7.74. The molecule has 0 bridgehead atoms. The number of nitrogens with one attached hydrogen (secondary N) is 2. The number of ketones is 2. The monoisotopic (exact) mass is 456 g/mol. The average molecular weight is 457 g/mol. The molecule has 0 heterocycles. The first-order chi connectivity index (χ1) is 16.2. The molecule has 0 saturated heterocycles. The number of carbonyl (C=O) groups is 4. The third kappa shape index (κ3) is 6.04. The predicted molar refractivity (Wildman–Crippen MR) is 134 cm³/mol. The first-order valence-electron chi connectivity index (χ1n) is 11.2. The lowest BCUT2D eigenvalue weighted by Crippen LogP contribution is -2.16. The van der Waals surface area contributed by atoms with E-state index in [1.54, 1.807) is 30.3 Å². The second-order valence-electron chi connectivity index (χ2n) is 8.15. The standard InChI is InChI=1S/C28H28N2O4/c1-5-19-10-23(17(3)31)15-25(12-19)29-27(33)21-8-7-9-22(14-21)28(34)30-26-13-20(6-2)11-24(16-26)18(4)32/h7-16H,5-6H2,1-4H3,(H,29,33)(H,30,34). The highest BCUT2D eigenvalue weighted by molar-refractivity contribution is 6.09. The van der Waals surface area contributed by atoms with Crippen LogP contribution in [0.3, 0.4) is 0 Å². The van der Waals surface area contributed by atoms with Crippen molar-refractivity contribution in [3.05, 3.63) is 94.0 Å². The fourth-order valence-corrected chi connectivity index (χ4v) is 3.55. The van der Waals surface area contributed by atoms with Gasteiger partial charge in [-0.05, 0) is 92.4 Å². The van der Waals surface area contributed by atoms with E-state index >= 15 is 0 Å². The van der Waals surface area contributed by atoms with Crippen molar-refractivity contribution in [1.29, 1.82) is 0 Å². The number of hydrogen-bond donors (Lipinski definition) is 2. The zero-order valence-electron chi connectivity index (χ0n) is 19.8. The Balaban J connectivity index is 1.81. The van der Waals surface area contributed by atoms with Crippen molar-refractivity contribution in [2.45, 2.75) is 40.5 Å². The summed E-state index contributed by atoms with van der Waals surface area (Å²) < 4.78 is 0. The van der Waals surface area contributed by atoms with Crippen LogP contribution in [0.25, 0.3) is 0 Å².